The average molecular weight is 388 g/mol. The molecule has 3 aliphatic rings. The van der Waals surface area contributed by atoms with Gasteiger partial charge in [-0.3, -0.25) is 14.5 Å². The van der Waals surface area contributed by atoms with Crippen molar-refractivity contribution < 1.29 is 14.0 Å². The molecular formula is C21H29FN4O2. The maximum absolute atomic E-state index is 13.6. The van der Waals surface area contributed by atoms with Gasteiger partial charge in [0, 0.05) is 45.3 Å². The highest BCUT2D eigenvalue weighted by molar-refractivity contribution is 5.94. The summed E-state index contributed by atoms with van der Waals surface area (Å²) in [5, 5.41) is 2.77. The van der Waals surface area contributed by atoms with E-state index >= 15 is 0 Å². The van der Waals surface area contributed by atoms with Crippen molar-refractivity contribution in [3.05, 3.63) is 35.6 Å². The van der Waals surface area contributed by atoms with Crippen LogP contribution in [0.15, 0.2) is 24.3 Å². The highest BCUT2D eigenvalue weighted by Crippen LogP contribution is 2.48. The Morgan fingerprint density at radius 3 is 2.50 bits per heavy atom. The summed E-state index contributed by atoms with van der Waals surface area (Å²) in [7, 11) is 0. The summed E-state index contributed by atoms with van der Waals surface area (Å²) >= 11 is 0. The van der Waals surface area contributed by atoms with Crippen molar-refractivity contribution in [2.24, 2.45) is 23.5 Å². The summed E-state index contributed by atoms with van der Waals surface area (Å²) in [4.78, 5) is 29.2. The topological polar surface area (TPSA) is 78.7 Å². The maximum Gasteiger partial charge on any atom is 0.254 e. The molecule has 28 heavy (non-hydrogen) atoms. The molecule has 7 heteroatoms. The number of nitrogens with one attached hydrogen (secondary N) is 1. The molecule has 2 bridgehead atoms. The van der Waals surface area contributed by atoms with Crippen molar-refractivity contribution in [2.75, 3.05) is 39.3 Å². The van der Waals surface area contributed by atoms with Gasteiger partial charge in [0.15, 0.2) is 0 Å². The van der Waals surface area contributed by atoms with Crippen LogP contribution in [0.1, 0.15) is 29.6 Å². The van der Waals surface area contributed by atoms with Crippen LogP contribution in [-0.2, 0) is 4.79 Å². The number of benzene rings is 1. The maximum atomic E-state index is 13.6. The molecule has 152 valence electrons. The second-order valence-electron chi connectivity index (χ2n) is 8.34. The van der Waals surface area contributed by atoms with Gasteiger partial charge < -0.3 is 16.0 Å². The molecule has 4 unspecified atom stereocenters. The number of halogens is 1. The lowest BCUT2D eigenvalue weighted by atomic mass is 9.84. The van der Waals surface area contributed by atoms with Crippen molar-refractivity contribution in [1.29, 1.82) is 0 Å². The Morgan fingerprint density at radius 2 is 1.82 bits per heavy atom. The van der Waals surface area contributed by atoms with Crippen LogP contribution < -0.4 is 11.1 Å². The molecule has 0 spiro atoms. The van der Waals surface area contributed by atoms with Crippen molar-refractivity contribution in [1.82, 2.24) is 15.1 Å². The summed E-state index contributed by atoms with van der Waals surface area (Å²) in [5.74, 6) is 0.387. The second kappa shape index (κ2) is 8.17. The molecular weight excluding hydrogens is 359 g/mol. The van der Waals surface area contributed by atoms with Gasteiger partial charge in [0.05, 0.1) is 11.5 Å². The zero-order chi connectivity index (χ0) is 19.7. The normalized spacial score (nSPS) is 29.9. The van der Waals surface area contributed by atoms with E-state index in [1.807, 2.05) is 4.90 Å². The predicted octanol–water partition coefficient (Wildman–Crippen LogP) is 1.07. The van der Waals surface area contributed by atoms with Crippen LogP contribution in [0, 0.1) is 23.6 Å². The zero-order valence-electron chi connectivity index (χ0n) is 16.1. The first kappa shape index (κ1) is 19.3. The largest absolute Gasteiger partial charge is 0.351 e. The molecule has 2 aliphatic carbocycles. The van der Waals surface area contributed by atoms with Crippen LogP contribution in [0.3, 0.4) is 0 Å². The van der Waals surface area contributed by atoms with Crippen LogP contribution in [-0.4, -0.2) is 66.9 Å². The highest BCUT2D eigenvalue weighted by atomic mass is 19.1. The Labute approximate surface area is 165 Å². The third-order valence-electron chi connectivity index (χ3n) is 6.78. The van der Waals surface area contributed by atoms with Crippen molar-refractivity contribution in [2.45, 2.75) is 25.3 Å². The van der Waals surface area contributed by atoms with E-state index in [1.54, 1.807) is 12.1 Å². The minimum absolute atomic E-state index is 0.0188. The van der Waals surface area contributed by atoms with Gasteiger partial charge in [-0.15, -0.1) is 0 Å². The summed E-state index contributed by atoms with van der Waals surface area (Å²) in [6.07, 6.45) is 3.46. The van der Waals surface area contributed by atoms with Crippen LogP contribution in [0.2, 0.25) is 0 Å². The Kier molecular flexibility index (Phi) is 5.64. The number of hydrogen-bond donors (Lipinski definition) is 2. The lowest BCUT2D eigenvalue weighted by molar-refractivity contribution is -0.139. The molecule has 2 saturated carbocycles. The van der Waals surface area contributed by atoms with Crippen LogP contribution in [0.4, 0.5) is 4.39 Å². The molecule has 0 radical (unpaired) electrons. The highest BCUT2D eigenvalue weighted by Gasteiger charge is 2.50. The Balaban J connectivity index is 1.20. The quantitative estimate of drug-likeness (QED) is 0.791. The summed E-state index contributed by atoms with van der Waals surface area (Å²) in [6.45, 7) is 4.14. The minimum Gasteiger partial charge on any atom is -0.351 e. The fraction of sp³-hybridized carbons (Fsp3) is 0.619. The van der Waals surface area contributed by atoms with Crippen LogP contribution >= 0.6 is 0 Å². The Morgan fingerprint density at radius 1 is 1.11 bits per heavy atom. The number of rotatable bonds is 5. The standard InChI is InChI=1S/C21H29FN4O2/c22-17-4-2-1-3-16(17)20(27)24-7-8-25-9-11-26(12-10-25)21(28)18-14-5-6-15(13-14)19(18)23/h1-4,14-15,18-19H,5-13,23H2,(H,24,27). The van der Waals surface area contributed by atoms with E-state index in [9.17, 15) is 14.0 Å². The molecule has 3 N–H and O–H groups in total. The van der Waals surface area contributed by atoms with E-state index in [-0.39, 0.29) is 23.4 Å². The van der Waals surface area contributed by atoms with E-state index in [0.29, 0.717) is 38.0 Å². The third-order valence-corrected chi connectivity index (χ3v) is 6.78. The molecule has 6 nitrogen and oxygen atoms in total. The Bertz CT molecular complexity index is 733. The third kappa shape index (κ3) is 3.78. The number of amides is 2. The number of hydrogen-bond acceptors (Lipinski definition) is 4. The molecule has 3 fully saturated rings. The molecule has 1 aliphatic heterocycles. The molecule has 0 aromatic heterocycles. The van der Waals surface area contributed by atoms with Gasteiger partial charge in [0.1, 0.15) is 5.82 Å². The van der Waals surface area contributed by atoms with E-state index < -0.39 is 11.7 Å². The van der Waals surface area contributed by atoms with Crippen LogP contribution in [0.5, 0.6) is 0 Å². The Hall–Kier alpha value is -1.99. The molecule has 2 amide bonds. The fourth-order valence-electron chi connectivity index (χ4n) is 5.17. The lowest BCUT2D eigenvalue weighted by Gasteiger charge is -2.38. The fourth-order valence-corrected chi connectivity index (χ4v) is 5.17. The molecule has 1 aromatic carbocycles. The van der Waals surface area contributed by atoms with E-state index in [1.165, 1.54) is 18.6 Å². The second-order valence-corrected chi connectivity index (χ2v) is 8.34. The summed E-state index contributed by atoms with van der Waals surface area (Å²) in [5.41, 5.74) is 6.40. The van der Waals surface area contributed by atoms with Gasteiger partial charge in [-0.05, 0) is 43.2 Å². The number of carbonyl (C=O) groups is 2. The number of carbonyl (C=O) groups excluding carboxylic acids is 2. The van der Waals surface area contributed by atoms with Crippen molar-refractivity contribution >= 4 is 11.8 Å². The first-order valence-electron chi connectivity index (χ1n) is 10.3. The first-order chi connectivity index (χ1) is 13.5. The lowest BCUT2D eigenvalue weighted by Crippen LogP contribution is -2.54. The average Bonchev–Trinajstić information content (AvgIpc) is 3.29. The van der Waals surface area contributed by atoms with Crippen molar-refractivity contribution in [3.63, 3.8) is 0 Å². The summed E-state index contributed by atoms with van der Waals surface area (Å²) < 4.78 is 13.6. The monoisotopic (exact) mass is 388 g/mol. The van der Waals surface area contributed by atoms with Gasteiger partial charge in [0.2, 0.25) is 5.91 Å². The zero-order valence-corrected chi connectivity index (χ0v) is 16.1. The molecule has 4 atom stereocenters. The molecule has 1 saturated heterocycles. The number of nitrogens with zero attached hydrogens (tertiary/aromatic N) is 2. The molecule has 4 rings (SSSR count). The predicted molar refractivity (Wildman–Crippen MR) is 104 cm³/mol. The summed E-state index contributed by atoms with van der Waals surface area (Å²) in [6, 6.07) is 6.02. The molecule has 1 aromatic rings. The van der Waals surface area contributed by atoms with E-state index in [0.717, 1.165) is 25.9 Å². The molecule has 1 heterocycles. The first-order valence-corrected chi connectivity index (χ1v) is 10.3. The number of fused-ring (bicyclic) bond motifs is 2. The smallest absolute Gasteiger partial charge is 0.254 e. The van der Waals surface area contributed by atoms with Gasteiger partial charge in [0.25, 0.3) is 5.91 Å². The minimum atomic E-state index is -0.508. The van der Waals surface area contributed by atoms with Gasteiger partial charge in [-0.25, -0.2) is 4.39 Å². The van der Waals surface area contributed by atoms with Gasteiger partial charge >= 0.3 is 0 Å². The van der Waals surface area contributed by atoms with Crippen molar-refractivity contribution in [3.8, 4) is 0 Å². The number of piperazine rings is 1. The van der Waals surface area contributed by atoms with E-state index in [2.05, 4.69) is 10.2 Å². The van der Waals surface area contributed by atoms with Gasteiger partial charge in [-0.1, -0.05) is 12.1 Å². The SMILES string of the molecule is NC1C2CCC(C2)C1C(=O)N1CCN(CCNC(=O)c2ccccc2F)CC1. The van der Waals surface area contributed by atoms with Crippen LogP contribution in [0.25, 0.3) is 0 Å². The van der Waals surface area contributed by atoms with E-state index in [4.69, 9.17) is 5.73 Å². The number of nitrogens with two attached hydrogens (primary N) is 1. The van der Waals surface area contributed by atoms with Gasteiger partial charge in [-0.2, -0.15) is 0 Å².